The zero-order valence-corrected chi connectivity index (χ0v) is 14.5. The smallest absolute Gasteiger partial charge is 0.305 e. The lowest BCUT2D eigenvalue weighted by atomic mass is 10.2. The number of hydrogen-bond acceptors (Lipinski definition) is 7. The monoisotopic (exact) mass is 369 g/mol. The summed E-state index contributed by atoms with van der Waals surface area (Å²) in [6, 6.07) is 7.02. The molecule has 7 nitrogen and oxygen atoms in total. The SMILES string of the molecule is COC(=O)CCCNC(=O)CSc1nnc(-c2ccc(Cl)cc2)o1. The first kappa shape index (κ1) is 18.3. The van der Waals surface area contributed by atoms with Crippen molar-refractivity contribution in [3.63, 3.8) is 0 Å². The fourth-order valence-corrected chi connectivity index (χ4v) is 2.44. The van der Waals surface area contributed by atoms with Crippen LogP contribution in [-0.4, -0.2) is 41.5 Å². The Labute approximate surface area is 148 Å². The van der Waals surface area contributed by atoms with Crippen LogP contribution >= 0.6 is 23.4 Å². The Morgan fingerprint density at radius 2 is 2.04 bits per heavy atom. The van der Waals surface area contributed by atoms with Crippen LogP contribution in [0.25, 0.3) is 11.5 Å². The quantitative estimate of drug-likeness (QED) is 0.434. The molecule has 0 saturated heterocycles. The van der Waals surface area contributed by atoms with E-state index in [9.17, 15) is 9.59 Å². The van der Waals surface area contributed by atoms with Crippen molar-refractivity contribution in [3.8, 4) is 11.5 Å². The van der Waals surface area contributed by atoms with Gasteiger partial charge in [-0.15, -0.1) is 10.2 Å². The number of amides is 1. The van der Waals surface area contributed by atoms with Crippen LogP contribution in [0.5, 0.6) is 0 Å². The maximum atomic E-state index is 11.7. The number of hydrogen-bond donors (Lipinski definition) is 1. The molecule has 0 unspecified atom stereocenters. The molecule has 2 aromatic rings. The minimum Gasteiger partial charge on any atom is -0.469 e. The highest BCUT2D eigenvalue weighted by molar-refractivity contribution is 7.99. The number of carbonyl (C=O) groups excluding carboxylic acids is 2. The van der Waals surface area contributed by atoms with Gasteiger partial charge >= 0.3 is 5.97 Å². The van der Waals surface area contributed by atoms with Gasteiger partial charge in [-0.2, -0.15) is 0 Å². The van der Waals surface area contributed by atoms with Crippen molar-refractivity contribution in [2.75, 3.05) is 19.4 Å². The number of nitrogens with zero attached hydrogens (tertiary/aromatic N) is 2. The number of ether oxygens (including phenoxy) is 1. The molecule has 0 saturated carbocycles. The second kappa shape index (κ2) is 9.29. The lowest BCUT2D eigenvalue weighted by molar-refractivity contribution is -0.140. The normalized spacial score (nSPS) is 10.4. The summed E-state index contributed by atoms with van der Waals surface area (Å²) in [7, 11) is 1.33. The van der Waals surface area contributed by atoms with E-state index >= 15 is 0 Å². The van der Waals surface area contributed by atoms with Gasteiger partial charge < -0.3 is 14.5 Å². The molecule has 1 heterocycles. The molecule has 2 rings (SSSR count). The number of nitrogens with one attached hydrogen (secondary N) is 1. The lowest BCUT2D eigenvalue weighted by Crippen LogP contribution is -2.26. The van der Waals surface area contributed by atoms with Crippen LogP contribution in [0.3, 0.4) is 0 Å². The molecule has 0 aliphatic rings. The molecule has 9 heteroatoms. The third-order valence-corrected chi connectivity index (χ3v) is 4.00. The second-order valence-corrected chi connectivity index (χ2v) is 6.06. The number of thioether (sulfide) groups is 1. The number of aromatic nitrogens is 2. The molecule has 1 aromatic carbocycles. The maximum absolute atomic E-state index is 11.7. The predicted molar refractivity (Wildman–Crippen MR) is 89.7 cm³/mol. The van der Waals surface area contributed by atoms with Crippen molar-refractivity contribution >= 4 is 35.2 Å². The predicted octanol–water partition coefficient (Wildman–Crippen LogP) is 2.55. The Morgan fingerprint density at radius 1 is 1.29 bits per heavy atom. The Balaban J connectivity index is 1.73. The van der Waals surface area contributed by atoms with E-state index in [-0.39, 0.29) is 24.1 Å². The van der Waals surface area contributed by atoms with Gasteiger partial charge in [0.25, 0.3) is 5.22 Å². The van der Waals surface area contributed by atoms with Gasteiger partial charge in [0, 0.05) is 23.6 Å². The van der Waals surface area contributed by atoms with Crippen molar-refractivity contribution in [3.05, 3.63) is 29.3 Å². The summed E-state index contributed by atoms with van der Waals surface area (Å²) in [5.41, 5.74) is 0.756. The van der Waals surface area contributed by atoms with Crippen molar-refractivity contribution in [2.45, 2.75) is 18.1 Å². The van der Waals surface area contributed by atoms with Crippen molar-refractivity contribution < 1.29 is 18.7 Å². The second-order valence-electron chi connectivity index (χ2n) is 4.70. The Bertz CT molecular complexity index is 690. The van der Waals surface area contributed by atoms with Gasteiger partial charge in [-0.05, 0) is 30.7 Å². The first-order valence-corrected chi connectivity index (χ1v) is 8.50. The summed E-state index contributed by atoms with van der Waals surface area (Å²) < 4.78 is 10.0. The van der Waals surface area contributed by atoms with E-state index < -0.39 is 0 Å². The molecule has 128 valence electrons. The zero-order chi connectivity index (χ0) is 17.4. The van der Waals surface area contributed by atoms with Gasteiger partial charge in [-0.1, -0.05) is 23.4 Å². The van der Waals surface area contributed by atoms with Gasteiger partial charge in [-0.25, -0.2) is 0 Å². The van der Waals surface area contributed by atoms with Crippen LogP contribution in [0.2, 0.25) is 5.02 Å². The zero-order valence-electron chi connectivity index (χ0n) is 13.0. The third-order valence-electron chi connectivity index (χ3n) is 2.93. The summed E-state index contributed by atoms with van der Waals surface area (Å²) >= 11 is 6.97. The molecule has 0 spiro atoms. The topological polar surface area (TPSA) is 94.3 Å². The van der Waals surface area contributed by atoms with Crippen molar-refractivity contribution in [1.82, 2.24) is 15.5 Å². The van der Waals surface area contributed by atoms with Gasteiger partial charge in [0.1, 0.15) is 0 Å². The summed E-state index contributed by atoms with van der Waals surface area (Å²) in [5, 5.41) is 11.5. The van der Waals surface area contributed by atoms with E-state index in [1.807, 2.05) is 0 Å². The molecule has 24 heavy (non-hydrogen) atoms. The van der Waals surface area contributed by atoms with E-state index in [0.717, 1.165) is 17.3 Å². The van der Waals surface area contributed by atoms with Gasteiger partial charge in [-0.3, -0.25) is 9.59 Å². The average molecular weight is 370 g/mol. The number of halogens is 1. The van der Waals surface area contributed by atoms with Crippen LogP contribution < -0.4 is 5.32 Å². The molecule has 1 aromatic heterocycles. The molecule has 0 aliphatic heterocycles. The molecule has 0 atom stereocenters. The van der Waals surface area contributed by atoms with E-state index in [2.05, 4.69) is 20.3 Å². The Hall–Kier alpha value is -2.06. The molecule has 0 fully saturated rings. The van der Waals surface area contributed by atoms with E-state index in [4.69, 9.17) is 16.0 Å². The summed E-state index contributed by atoms with van der Waals surface area (Å²) in [6.07, 6.45) is 0.808. The Kier molecular flexibility index (Phi) is 7.07. The lowest BCUT2D eigenvalue weighted by Gasteiger charge is -2.03. The van der Waals surface area contributed by atoms with Gasteiger partial charge in [0.05, 0.1) is 12.9 Å². The summed E-state index contributed by atoms with van der Waals surface area (Å²) in [6.45, 7) is 0.411. The van der Waals surface area contributed by atoms with Crippen LogP contribution in [0.4, 0.5) is 0 Å². The largest absolute Gasteiger partial charge is 0.469 e. The maximum Gasteiger partial charge on any atom is 0.305 e. The summed E-state index contributed by atoms with van der Waals surface area (Å²) in [5.74, 6) is 0.0588. The molecular formula is C15H16ClN3O4S. The molecule has 1 N–H and O–H groups in total. The molecule has 1 amide bonds. The fraction of sp³-hybridized carbons (Fsp3) is 0.333. The first-order valence-electron chi connectivity index (χ1n) is 7.14. The van der Waals surface area contributed by atoms with E-state index in [1.165, 1.54) is 7.11 Å². The number of carbonyl (C=O) groups is 2. The number of rotatable bonds is 8. The Morgan fingerprint density at radius 3 is 2.75 bits per heavy atom. The minimum absolute atomic E-state index is 0.153. The highest BCUT2D eigenvalue weighted by Gasteiger charge is 2.11. The van der Waals surface area contributed by atoms with Crippen molar-refractivity contribution in [1.29, 1.82) is 0 Å². The highest BCUT2D eigenvalue weighted by Crippen LogP contribution is 2.24. The minimum atomic E-state index is -0.292. The number of esters is 1. The highest BCUT2D eigenvalue weighted by atomic mass is 35.5. The third kappa shape index (κ3) is 5.86. The van der Waals surface area contributed by atoms with Crippen LogP contribution in [0, 0.1) is 0 Å². The summed E-state index contributed by atoms with van der Waals surface area (Å²) in [4.78, 5) is 22.6. The molecule has 0 aliphatic carbocycles. The van der Waals surface area contributed by atoms with Crippen LogP contribution in [0.1, 0.15) is 12.8 Å². The number of methoxy groups -OCH3 is 1. The molecule has 0 bridgehead atoms. The van der Waals surface area contributed by atoms with Crippen LogP contribution in [-0.2, 0) is 14.3 Å². The molecular weight excluding hydrogens is 354 g/mol. The van der Waals surface area contributed by atoms with Gasteiger partial charge in [0.2, 0.25) is 11.8 Å². The number of benzene rings is 1. The van der Waals surface area contributed by atoms with Gasteiger partial charge in [0.15, 0.2) is 0 Å². The van der Waals surface area contributed by atoms with E-state index in [0.29, 0.717) is 29.1 Å². The standard InChI is InChI=1S/C15H16ClN3O4S/c1-22-13(21)3-2-8-17-12(20)9-24-15-19-18-14(23-15)10-4-6-11(16)7-5-10/h4-7H,2-3,8-9H2,1H3,(H,17,20). The van der Waals surface area contributed by atoms with E-state index in [1.54, 1.807) is 24.3 Å². The van der Waals surface area contributed by atoms with Crippen molar-refractivity contribution in [2.24, 2.45) is 0 Å². The molecule has 0 radical (unpaired) electrons. The van der Waals surface area contributed by atoms with Crippen LogP contribution in [0.15, 0.2) is 33.9 Å². The first-order chi connectivity index (χ1) is 11.6. The fourth-order valence-electron chi connectivity index (χ4n) is 1.72. The average Bonchev–Trinajstić information content (AvgIpc) is 3.06.